The number of benzene rings is 2. The Kier molecular flexibility index (Phi) is 2.63. The van der Waals surface area contributed by atoms with E-state index < -0.39 is 0 Å². The number of hydrogen-bond acceptors (Lipinski definition) is 2. The van der Waals surface area contributed by atoms with Crippen LogP contribution in [0.2, 0.25) is 0 Å². The van der Waals surface area contributed by atoms with E-state index in [9.17, 15) is 4.39 Å². The molecule has 0 saturated carbocycles. The SMILES string of the molecule is Cc1nc2c(-c3cccc(F)c3)c(C)ccc2s1. The maximum atomic E-state index is 13.4. The quantitative estimate of drug-likeness (QED) is 0.614. The zero-order valence-electron chi connectivity index (χ0n) is 10.2. The standard InChI is InChI=1S/C15H12FNS/c1-9-6-7-13-15(17-10(2)18-13)14(9)11-4-3-5-12(16)8-11/h3-8H,1-2H3. The highest BCUT2D eigenvalue weighted by atomic mass is 32.1. The summed E-state index contributed by atoms with van der Waals surface area (Å²) in [6, 6.07) is 10.8. The second kappa shape index (κ2) is 4.18. The van der Waals surface area contributed by atoms with Gasteiger partial charge >= 0.3 is 0 Å². The molecule has 1 nitrogen and oxygen atoms in total. The van der Waals surface area contributed by atoms with Gasteiger partial charge in [-0.15, -0.1) is 11.3 Å². The van der Waals surface area contributed by atoms with E-state index in [1.54, 1.807) is 23.5 Å². The van der Waals surface area contributed by atoms with E-state index in [1.165, 1.54) is 6.07 Å². The average molecular weight is 257 g/mol. The molecular weight excluding hydrogens is 245 g/mol. The number of rotatable bonds is 1. The lowest BCUT2D eigenvalue weighted by atomic mass is 9.99. The first-order valence-corrected chi connectivity index (χ1v) is 6.59. The highest BCUT2D eigenvalue weighted by Crippen LogP contribution is 2.34. The smallest absolute Gasteiger partial charge is 0.123 e. The molecule has 0 fully saturated rings. The molecule has 0 aliphatic heterocycles. The first-order valence-electron chi connectivity index (χ1n) is 5.78. The van der Waals surface area contributed by atoms with E-state index in [0.717, 1.165) is 31.9 Å². The molecule has 1 aromatic heterocycles. The van der Waals surface area contributed by atoms with E-state index in [-0.39, 0.29) is 5.82 Å². The van der Waals surface area contributed by atoms with Crippen molar-refractivity contribution in [3.05, 3.63) is 52.8 Å². The molecule has 2 aromatic carbocycles. The van der Waals surface area contributed by atoms with Gasteiger partial charge in [0.25, 0.3) is 0 Å². The molecule has 3 aromatic rings. The summed E-state index contributed by atoms with van der Waals surface area (Å²) in [4.78, 5) is 4.58. The molecule has 0 aliphatic rings. The van der Waals surface area contributed by atoms with E-state index >= 15 is 0 Å². The number of halogens is 1. The summed E-state index contributed by atoms with van der Waals surface area (Å²) in [5.74, 6) is -0.212. The van der Waals surface area contributed by atoms with Crippen molar-refractivity contribution in [1.82, 2.24) is 4.98 Å². The summed E-state index contributed by atoms with van der Waals surface area (Å²) in [5.41, 5.74) is 4.03. The topological polar surface area (TPSA) is 12.9 Å². The molecule has 3 heteroatoms. The van der Waals surface area contributed by atoms with Crippen molar-refractivity contribution in [2.75, 3.05) is 0 Å². The molecule has 0 atom stereocenters. The Labute approximate surface area is 109 Å². The fourth-order valence-corrected chi connectivity index (χ4v) is 3.05. The lowest BCUT2D eigenvalue weighted by Crippen LogP contribution is -1.86. The van der Waals surface area contributed by atoms with Gasteiger partial charge in [0.05, 0.1) is 15.2 Å². The Hall–Kier alpha value is -1.74. The Morgan fingerprint density at radius 3 is 2.72 bits per heavy atom. The minimum Gasteiger partial charge on any atom is -0.241 e. The number of fused-ring (bicyclic) bond motifs is 1. The third-order valence-corrected chi connectivity index (χ3v) is 3.93. The van der Waals surface area contributed by atoms with Crippen molar-refractivity contribution in [2.45, 2.75) is 13.8 Å². The highest BCUT2D eigenvalue weighted by Gasteiger charge is 2.11. The third-order valence-electron chi connectivity index (χ3n) is 2.99. The van der Waals surface area contributed by atoms with Gasteiger partial charge in [-0.05, 0) is 43.2 Å². The van der Waals surface area contributed by atoms with Gasteiger partial charge < -0.3 is 0 Å². The fourth-order valence-electron chi connectivity index (χ4n) is 2.21. The maximum Gasteiger partial charge on any atom is 0.123 e. The van der Waals surface area contributed by atoms with Gasteiger partial charge in [0, 0.05) is 5.56 Å². The van der Waals surface area contributed by atoms with Gasteiger partial charge in [-0.3, -0.25) is 0 Å². The lowest BCUT2D eigenvalue weighted by molar-refractivity contribution is 0.628. The number of nitrogens with zero attached hydrogens (tertiary/aromatic N) is 1. The third kappa shape index (κ3) is 1.81. The predicted octanol–water partition coefficient (Wildman–Crippen LogP) is 4.72. The van der Waals surface area contributed by atoms with E-state index in [4.69, 9.17) is 0 Å². The van der Waals surface area contributed by atoms with Crippen molar-refractivity contribution in [3.63, 3.8) is 0 Å². The molecule has 0 N–H and O–H groups in total. The van der Waals surface area contributed by atoms with Crippen LogP contribution in [-0.4, -0.2) is 4.98 Å². The van der Waals surface area contributed by atoms with Crippen molar-refractivity contribution in [3.8, 4) is 11.1 Å². The van der Waals surface area contributed by atoms with Gasteiger partial charge in [-0.25, -0.2) is 9.37 Å². The van der Waals surface area contributed by atoms with Crippen LogP contribution < -0.4 is 0 Å². The molecule has 0 bridgehead atoms. The largest absolute Gasteiger partial charge is 0.241 e. The molecule has 1 heterocycles. The van der Waals surface area contributed by atoms with Crippen LogP contribution >= 0.6 is 11.3 Å². The number of aromatic nitrogens is 1. The van der Waals surface area contributed by atoms with Crippen LogP contribution in [-0.2, 0) is 0 Å². The summed E-state index contributed by atoms with van der Waals surface area (Å²) < 4.78 is 14.5. The van der Waals surface area contributed by atoms with Crippen LogP contribution in [0.25, 0.3) is 21.3 Å². The Morgan fingerprint density at radius 2 is 1.94 bits per heavy atom. The molecule has 0 aliphatic carbocycles. The minimum atomic E-state index is -0.212. The monoisotopic (exact) mass is 257 g/mol. The Bertz CT molecular complexity index is 730. The number of thiazole rings is 1. The van der Waals surface area contributed by atoms with Crippen LogP contribution in [0.1, 0.15) is 10.6 Å². The maximum absolute atomic E-state index is 13.4. The Morgan fingerprint density at radius 1 is 1.11 bits per heavy atom. The predicted molar refractivity (Wildman–Crippen MR) is 74.5 cm³/mol. The van der Waals surface area contributed by atoms with E-state index in [2.05, 4.69) is 17.1 Å². The number of aryl methyl sites for hydroxylation is 2. The summed E-state index contributed by atoms with van der Waals surface area (Å²) in [5, 5.41) is 1.04. The molecule has 0 amide bonds. The fraction of sp³-hybridized carbons (Fsp3) is 0.133. The lowest BCUT2D eigenvalue weighted by Gasteiger charge is -2.07. The molecule has 0 unspecified atom stereocenters. The van der Waals surface area contributed by atoms with Crippen LogP contribution in [0.15, 0.2) is 36.4 Å². The summed E-state index contributed by atoms with van der Waals surface area (Å²) in [6.45, 7) is 4.03. The van der Waals surface area contributed by atoms with E-state index in [0.29, 0.717) is 0 Å². The molecule has 0 saturated heterocycles. The minimum absolute atomic E-state index is 0.212. The molecule has 3 rings (SSSR count). The first kappa shape index (κ1) is 11.4. The zero-order valence-corrected chi connectivity index (χ0v) is 11.0. The second-order valence-electron chi connectivity index (χ2n) is 4.35. The van der Waals surface area contributed by atoms with Crippen LogP contribution in [0.3, 0.4) is 0 Å². The van der Waals surface area contributed by atoms with Crippen molar-refractivity contribution < 1.29 is 4.39 Å². The summed E-state index contributed by atoms with van der Waals surface area (Å²) in [6.07, 6.45) is 0. The van der Waals surface area contributed by atoms with Crippen molar-refractivity contribution >= 4 is 21.6 Å². The van der Waals surface area contributed by atoms with Crippen LogP contribution in [0.4, 0.5) is 4.39 Å². The average Bonchev–Trinajstić information content (AvgIpc) is 2.69. The van der Waals surface area contributed by atoms with Crippen LogP contribution in [0.5, 0.6) is 0 Å². The summed E-state index contributed by atoms with van der Waals surface area (Å²) in [7, 11) is 0. The first-order chi connectivity index (χ1) is 8.65. The summed E-state index contributed by atoms with van der Waals surface area (Å²) >= 11 is 1.67. The van der Waals surface area contributed by atoms with Gasteiger partial charge in [0.1, 0.15) is 5.82 Å². The molecule has 90 valence electrons. The van der Waals surface area contributed by atoms with E-state index in [1.807, 2.05) is 19.9 Å². The Balaban J connectivity index is 2.36. The van der Waals surface area contributed by atoms with Gasteiger partial charge in [-0.1, -0.05) is 18.2 Å². The zero-order chi connectivity index (χ0) is 12.7. The van der Waals surface area contributed by atoms with Crippen molar-refractivity contribution in [2.24, 2.45) is 0 Å². The van der Waals surface area contributed by atoms with Crippen molar-refractivity contribution in [1.29, 1.82) is 0 Å². The molecular formula is C15H12FNS. The van der Waals surface area contributed by atoms with Crippen LogP contribution in [0, 0.1) is 19.7 Å². The molecule has 0 spiro atoms. The highest BCUT2D eigenvalue weighted by molar-refractivity contribution is 7.18. The van der Waals surface area contributed by atoms with Gasteiger partial charge in [-0.2, -0.15) is 0 Å². The molecule has 0 radical (unpaired) electrons. The second-order valence-corrected chi connectivity index (χ2v) is 5.58. The molecule has 18 heavy (non-hydrogen) atoms. The van der Waals surface area contributed by atoms with Gasteiger partial charge in [0.15, 0.2) is 0 Å². The number of hydrogen-bond donors (Lipinski definition) is 0. The normalized spacial score (nSPS) is 11.1. The van der Waals surface area contributed by atoms with Gasteiger partial charge in [0.2, 0.25) is 0 Å².